The highest BCUT2D eigenvalue weighted by Gasteiger charge is 2.09. The summed E-state index contributed by atoms with van der Waals surface area (Å²) >= 11 is 1.65. The Morgan fingerprint density at radius 3 is 2.50 bits per heavy atom. The van der Waals surface area contributed by atoms with Crippen molar-refractivity contribution in [3.63, 3.8) is 0 Å². The van der Waals surface area contributed by atoms with Crippen LogP contribution in [0.5, 0.6) is 0 Å². The zero-order valence-corrected chi connectivity index (χ0v) is 8.84. The number of carbonyl (C=O) groups is 1. The van der Waals surface area contributed by atoms with Crippen LogP contribution >= 0.6 is 11.8 Å². The van der Waals surface area contributed by atoms with E-state index in [1.807, 2.05) is 30.5 Å². The predicted octanol–water partition coefficient (Wildman–Crippen LogP) is -0.168. The van der Waals surface area contributed by atoms with Crippen LogP contribution in [0, 0.1) is 0 Å². The third-order valence-corrected chi connectivity index (χ3v) is 2.74. The summed E-state index contributed by atoms with van der Waals surface area (Å²) in [5, 5.41) is 10.4. The molecule has 1 aromatic rings. The number of hydrogen-bond donors (Lipinski definition) is 1. The second kappa shape index (κ2) is 5.02. The molecule has 0 radical (unpaired) electrons. The molecule has 0 bridgehead atoms. The quantitative estimate of drug-likeness (QED) is 0.703. The Labute approximate surface area is 87.3 Å². The lowest BCUT2D eigenvalue weighted by molar-refractivity contribution is -0.430. The third kappa shape index (κ3) is 3.05. The largest absolute Gasteiger partial charge is 0.550 e. The highest BCUT2D eigenvalue weighted by atomic mass is 32.2. The van der Waals surface area contributed by atoms with Gasteiger partial charge >= 0.3 is 0 Å². The smallest absolute Gasteiger partial charge is 0.115 e. The summed E-state index contributed by atoms with van der Waals surface area (Å²) in [6.45, 7) is 0. The second-order valence-corrected chi connectivity index (χ2v) is 3.93. The number of benzene rings is 1. The average molecular weight is 211 g/mol. The van der Waals surface area contributed by atoms with Crippen molar-refractivity contribution in [3.8, 4) is 0 Å². The van der Waals surface area contributed by atoms with Crippen LogP contribution in [0.15, 0.2) is 29.2 Å². The molecule has 0 aromatic heterocycles. The Balaban J connectivity index is 2.71. The molecule has 0 aliphatic heterocycles. The van der Waals surface area contributed by atoms with Gasteiger partial charge in [0.1, 0.15) is 6.04 Å². The Bertz CT molecular complexity index is 310. The van der Waals surface area contributed by atoms with E-state index >= 15 is 0 Å². The van der Waals surface area contributed by atoms with Gasteiger partial charge in [0.05, 0.1) is 0 Å². The number of aliphatic carboxylic acids is 1. The summed E-state index contributed by atoms with van der Waals surface area (Å²) < 4.78 is 0. The fourth-order valence-electron chi connectivity index (χ4n) is 1.20. The molecule has 0 aliphatic rings. The first-order valence-corrected chi connectivity index (χ1v) is 5.53. The molecule has 0 aliphatic carbocycles. The van der Waals surface area contributed by atoms with Crippen LogP contribution in [0.1, 0.15) is 18.0 Å². The van der Waals surface area contributed by atoms with Crippen molar-refractivity contribution in [2.75, 3.05) is 6.26 Å². The van der Waals surface area contributed by atoms with Crippen molar-refractivity contribution in [1.82, 2.24) is 0 Å². The van der Waals surface area contributed by atoms with Crippen LogP contribution in [0.25, 0.3) is 0 Å². The molecule has 0 heterocycles. The number of carboxylic acid groups (broad SMARTS) is 1. The molecule has 0 spiro atoms. The molecule has 76 valence electrons. The minimum Gasteiger partial charge on any atom is -0.550 e. The molecule has 1 rings (SSSR count). The fraction of sp³-hybridized carbons (Fsp3) is 0.300. The van der Waals surface area contributed by atoms with E-state index in [9.17, 15) is 9.90 Å². The van der Waals surface area contributed by atoms with E-state index in [2.05, 4.69) is 5.73 Å². The maximum absolute atomic E-state index is 10.4. The fourth-order valence-corrected chi connectivity index (χ4v) is 1.60. The predicted molar refractivity (Wildman–Crippen MR) is 53.5 cm³/mol. The lowest BCUT2D eigenvalue weighted by Crippen LogP contribution is -2.55. The maximum Gasteiger partial charge on any atom is 0.115 e. The van der Waals surface area contributed by atoms with Crippen molar-refractivity contribution in [3.05, 3.63) is 29.8 Å². The van der Waals surface area contributed by atoms with E-state index in [-0.39, 0.29) is 12.5 Å². The maximum atomic E-state index is 10.4. The van der Waals surface area contributed by atoms with Gasteiger partial charge in [0, 0.05) is 22.8 Å². The van der Waals surface area contributed by atoms with Crippen molar-refractivity contribution in [2.45, 2.75) is 17.4 Å². The second-order valence-electron chi connectivity index (χ2n) is 3.05. The SMILES string of the molecule is CSc1ccc([C@@H]([NH3+])CC(=O)[O-])cc1. The minimum absolute atomic E-state index is 0.0292. The van der Waals surface area contributed by atoms with Crippen LogP contribution in [-0.2, 0) is 4.79 Å². The van der Waals surface area contributed by atoms with Gasteiger partial charge in [-0.05, 0) is 18.4 Å². The molecule has 3 nitrogen and oxygen atoms in total. The van der Waals surface area contributed by atoms with Crippen molar-refractivity contribution >= 4 is 17.7 Å². The molecule has 0 saturated carbocycles. The van der Waals surface area contributed by atoms with Gasteiger partial charge in [-0.1, -0.05) is 12.1 Å². The number of carbonyl (C=O) groups excluding carboxylic acids is 1. The van der Waals surface area contributed by atoms with Gasteiger partial charge in [0.15, 0.2) is 0 Å². The molecule has 0 fully saturated rings. The highest BCUT2D eigenvalue weighted by molar-refractivity contribution is 7.98. The number of hydrogen-bond acceptors (Lipinski definition) is 3. The van der Waals surface area contributed by atoms with Gasteiger partial charge in [-0.3, -0.25) is 0 Å². The molecule has 14 heavy (non-hydrogen) atoms. The van der Waals surface area contributed by atoms with Crippen molar-refractivity contribution in [2.24, 2.45) is 0 Å². The molecule has 0 saturated heterocycles. The molecule has 4 heteroatoms. The van der Waals surface area contributed by atoms with Gasteiger partial charge in [-0.25, -0.2) is 0 Å². The first kappa shape index (κ1) is 11.1. The lowest BCUT2D eigenvalue weighted by Gasteiger charge is -2.09. The van der Waals surface area contributed by atoms with Crippen LogP contribution < -0.4 is 10.8 Å². The normalized spacial score (nSPS) is 12.4. The topological polar surface area (TPSA) is 67.8 Å². The van der Waals surface area contributed by atoms with Gasteiger partial charge in [-0.15, -0.1) is 11.8 Å². The first-order chi connectivity index (χ1) is 6.63. The molecule has 1 atom stereocenters. The summed E-state index contributed by atoms with van der Waals surface area (Å²) in [7, 11) is 0. The van der Waals surface area contributed by atoms with Crippen molar-refractivity contribution < 1.29 is 15.6 Å². The number of carboxylic acids is 1. The Morgan fingerprint density at radius 1 is 1.50 bits per heavy atom. The zero-order chi connectivity index (χ0) is 10.6. The number of quaternary nitrogens is 1. The van der Waals surface area contributed by atoms with E-state index in [0.29, 0.717) is 0 Å². The lowest BCUT2D eigenvalue weighted by atomic mass is 10.1. The minimum atomic E-state index is -1.06. The molecular formula is C10H13NO2S. The zero-order valence-electron chi connectivity index (χ0n) is 8.03. The third-order valence-electron chi connectivity index (χ3n) is 2.00. The average Bonchev–Trinajstić information content (AvgIpc) is 2.17. The van der Waals surface area contributed by atoms with Gasteiger partial charge in [0.25, 0.3) is 0 Å². The van der Waals surface area contributed by atoms with E-state index in [0.717, 1.165) is 10.5 Å². The van der Waals surface area contributed by atoms with Crippen LogP contribution in [0.2, 0.25) is 0 Å². The molecule has 0 amide bonds. The highest BCUT2D eigenvalue weighted by Crippen LogP contribution is 2.18. The Morgan fingerprint density at radius 2 is 2.07 bits per heavy atom. The van der Waals surface area contributed by atoms with Gasteiger partial charge in [-0.2, -0.15) is 0 Å². The van der Waals surface area contributed by atoms with Gasteiger partial charge < -0.3 is 15.6 Å². The molecule has 0 unspecified atom stereocenters. The summed E-state index contributed by atoms with van der Waals surface area (Å²) in [6.07, 6.45) is 1.97. The monoisotopic (exact) mass is 211 g/mol. The molecular weight excluding hydrogens is 198 g/mol. The van der Waals surface area contributed by atoms with E-state index in [4.69, 9.17) is 0 Å². The van der Waals surface area contributed by atoms with Crippen LogP contribution in [0.3, 0.4) is 0 Å². The summed E-state index contributed by atoms with van der Waals surface area (Å²) in [4.78, 5) is 11.5. The Hall–Kier alpha value is -1.00. The number of rotatable bonds is 4. The van der Waals surface area contributed by atoms with Crippen molar-refractivity contribution in [1.29, 1.82) is 0 Å². The van der Waals surface area contributed by atoms with E-state index < -0.39 is 5.97 Å². The summed E-state index contributed by atoms with van der Waals surface area (Å²) in [5.74, 6) is -1.06. The van der Waals surface area contributed by atoms with Gasteiger partial charge in [0.2, 0.25) is 0 Å². The molecule has 3 N–H and O–H groups in total. The first-order valence-electron chi connectivity index (χ1n) is 4.30. The van der Waals surface area contributed by atoms with E-state index in [1.165, 1.54) is 0 Å². The van der Waals surface area contributed by atoms with Crippen LogP contribution in [-0.4, -0.2) is 12.2 Å². The number of thioether (sulfide) groups is 1. The summed E-state index contributed by atoms with van der Waals surface area (Å²) in [5.41, 5.74) is 4.71. The summed E-state index contributed by atoms with van der Waals surface area (Å²) in [6, 6.07) is 7.52. The van der Waals surface area contributed by atoms with Crippen LogP contribution in [0.4, 0.5) is 0 Å². The standard InChI is InChI=1S/C10H13NO2S/c1-14-8-4-2-7(3-5-8)9(11)6-10(12)13/h2-5,9H,6,11H2,1H3,(H,12,13)/t9-/m0/s1. The van der Waals surface area contributed by atoms with E-state index in [1.54, 1.807) is 11.8 Å². The Kier molecular flexibility index (Phi) is 3.98. The molecule has 1 aromatic carbocycles.